The number of anilines is 1. The summed E-state index contributed by atoms with van der Waals surface area (Å²) in [4.78, 5) is 25.3. The minimum Gasteiger partial charge on any atom is -0.338 e. The van der Waals surface area contributed by atoms with E-state index in [2.05, 4.69) is 36.2 Å². The molecule has 0 spiro atoms. The molecular weight excluding hydrogens is 342 g/mol. The summed E-state index contributed by atoms with van der Waals surface area (Å²) in [5.74, 6) is 0.875. The van der Waals surface area contributed by atoms with E-state index in [0.717, 1.165) is 24.7 Å². The van der Waals surface area contributed by atoms with Gasteiger partial charge in [-0.05, 0) is 38.3 Å². The van der Waals surface area contributed by atoms with Gasteiger partial charge in [-0.1, -0.05) is 0 Å². The summed E-state index contributed by atoms with van der Waals surface area (Å²) in [6.07, 6.45) is 9.30. The van der Waals surface area contributed by atoms with Crippen LogP contribution in [0.25, 0.3) is 0 Å². The van der Waals surface area contributed by atoms with Crippen LogP contribution in [0.15, 0.2) is 30.7 Å². The number of amides is 1. The lowest BCUT2D eigenvalue weighted by Gasteiger charge is -2.36. The highest BCUT2D eigenvalue weighted by atomic mass is 16.2. The van der Waals surface area contributed by atoms with Crippen molar-refractivity contribution in [3.8, 4) is 0 Å². The van der Waals surface area contributed by atoms with Gasteiger partial charge in [-0.3, -0.25) is 9.48 Å². The summed E-state index contributed by atoms with van der Waals surface area (Å²) < 4.78 is 2.07. The molecule has 1 saturated heterocycles. The SMILES string of the molecule is CC(NCc1ccn(C2CCC2)n1)C(=O)N1CCN(c2ncccn2)CC1. The molecule has 8 nitrogen and oxygen atoms in total. The molecule has 1 N–H and O–H groups in total. The van der Waals surface area contributed by atoms with Crippen LogP contribution in [0.4, 0.5) is 5.95 Å². The minimum atomic E-state index is -0.224. The van der Waals surface area contributed by atoms with Crippen molar-refractivity contribution in [2.24, 2.45) is 0 Å². The maximum Gasteiger partial charge on any atom is 0.239 e. The first-order valence-corrected chi connectivity index (χ1v) is 9.79. The zero-order chi connectivity index (χ0) is 18.6. The Morgan fingerprint density at radius 2 is 1.96 bits per heavy atom. The third-order valence-electron chi connectivity index (χ3n) is 5.50. The fourth-order valence-electron chi connectivity index (χ4n) is 3.53. The van der Waals surface area contributed by atoms with Gasteiger partial charge in [-0.15, -0.1) is 0 Å². The van der Waals surface area contributed by atoms with Gasteiger partial charge in [0, 0.05) is 51.3 Å². The second-order valence-electron chi connectivity index (χ2n) is 7.34. The number of hydrogen-bond donors (Lipinski definition) is 1. The van der Waals surface area contributed by atoms with E-state index in [1.807, 2.05) is 24.0 Å². The van der Waals surface area contributed by atoms with E-state index in [-0.39, 0.29) is 11.9 Å². The molecule has 1 atom stereocenters. The molecule has 2 aliphatic rings. The Labute approximate surface area is 159 Å². The van der Waals surface area contributed by atoms with Crippen LogP contribution in [0.3, 0.4) is 0 Å². The highest BCUT2D eigenvalue weighted by molar-refractivity contribution is 5.81. The van der Waals surface area contributed by atoms with Gasteiger partial charge in [0.1, 0.15) is 0 Å². The molecule has 1 unspecified atom stereocenters. The number of rotatable bonds is 6. The van der Waals surface area contributed by atoms with Crippen LogP contribution in [-0.2, 0) is 11.3 Å². The number of aromatic nitrogens is 4. The number of piperazine rings is 1. The lowest BCUT2D eigenvalue weighted by atomic mass is 9.93. The highest BCUT2D eigenvalue weighted by Gasteiger charge is 2.26. The van der Waals surface area contributed by atoms with Crippen molar-refractivity contribution < 1.29 is 4.79 Å². The molecule has 0 bridgehead atoms. The lowest BCUT2D eigenvalue weighted by molar-refractivity contribution is -0.133. The maximum atomic E-state index is 12.7. The summed E-state index contributed by atoms with van der Waals surface area (Å²) in [6, 6.07) is 4.20. The number of carbonyl (C=O) groups excluding carboxylic acids is 1. The largest absolute Gasteiger partial charge is 0.338 e. The summed E-state index contributed by atoms with van der Waals surface area (Å²) >= 11 is 0. The van der Waals surface area contributed by atoms with Gasteiger partial charge in [0.15, 0.2) is 0 Å². The Morgan fingerprint density at radius 1 is 1.22 bits per heavy atom. The van der Waals surface area contributed by atoms with Crippen LogP contribution in [0, 0.1) is 0 Å². The quantitative estimate of drug-likeness (QED) is 0.825. The second kappa shape index (κ2) is 8.04. The van der Waals surface area contributed by atoms with E-state index in [1.54, 1.807) is 12.4 Å². The molecule has 2 fully saturated rings. The van der Waals surface area contributed by atoms with Gasteiger partial charge < -0.3 is 15.1 Å². The molecule has 1 aliphatic heterocycles. The molecule has 4 rings (SSSR count). The van der Waals surface area contributed by atoms with E-state index < -0.39 is 0 Å². The van der Waals surface area contributed by atoms with E-state index in [9.17, 15) is 4.79 Å². The Balaban J connectivity index is 1.24. The van der Waals surface area contributed by atoms with Gasteiger partial charge >= 0.3 is 0 Å². The van der Waals surface area contributed by atoms with Crippen LogP contribution in [0.5, 0.6) is 0 Å². The van der Waals surface area contributed by atoms with E-state index in [1.165, 1.54) is 19.3 Å². The van der Waals surface area contributed by atoms with Crippen molar-refractivity contribution >= 4 is 11.9 Å². The Bertz CT molecular complexity index is 750. The van der Waals surface area contributed by atoms with Gasteiger partial charge in [-0.2, -0.15) is 5.10 Å². The van der Waals surface area contributed by atoms with Crippen LogP contribution in [0.1, 0.15) is 37.9 Å². The van der Waals surface area contributed by atoms with Crippen molar-refractivity contribution in [2.75, 3.05) is 31.1 Å². The normalized spacial score (nSPS) is 19.0. The van der Waals surface area contributed by atoms with E-state index >= 15 is 0 Å². The first kappa shape index (κ1) is 17.9. The Kier molecular flexibility index (Phi) is 5.33. The molecule has 27 heavy (non-hydrogen) atoms. The first-order chi connectivity index (χ1) is 13.2. The lowest BCUT2D eigenvalue weighted by Crippen LogP contribution is -2.53. The first-order valence-electron chi connectivity index (χ1n) is 9.79. The van der Waals surface area contributed by atoms with Gasteiger partial charge in [0.25, 0.3) is 0 Å². The third kappa shape index (κ3) is 4.10. The Morgan fingerprint density at radius 3 is 2.63 bits per heavy atom. The molecular formula is C19H27N7O. The monoisotopic (exact) mass is 369 g/mol. The van der Waals surface area contributed by atoms with Crippen molar-refractivity contribution in [3.63, 3.8) is 0 Å². The van der Waals surface area contributed by atoms with Crippen molar-refractivity contribution in [1.82, 2.24) is 30.0 Å². The molecule has 2 aromatic heterocycles. The molecule has 3 heterocycles. The van der Waals surface area contributed by atoms with E-state index in [4.69, 9.17) is 0 Å². The average molecular weight is 369 g/mol. The summed E-state index contributed by atoms with van der Waals surface area (Å²) in [5, 5.41) is 7.95. The zero-order valence-electron chi connectivity index (χ0n) is 15.8. The van der Waals surface area contributed by atoms with Crippen LogP contribution in [-0.4, -0.2) is 62.8 Å². The van der Waals surface area contributed by atoms with Gasteiger partial charge in [0.2, 0.25) is 11.9 Å². The number of hydrogen-bond acceptors (Lipinski definition) is 6. The highest BCUT2D eigenvalue weighted by Crippen LogP contribution is 2.30. The molecule has 2 aromatic rings. The number of nitrogens with zero attached hydrogens (tertiary/aromatic N) is 6. The molecule has 1 saturated carbocycles. The van der Waals surface area contributed by atoms with Gasteiger partial charge in [-0.25, -0.2) is 9.97 Å². The summed E-state index contributed by atoms with van der Waals surface area (Å²) in [7, 11) is 0. The second-order valence-corrected chi connectivity index (χ2v) is 7.34. The van der Waals surface area contributed by atoms with Crippen molar-refractivity contribution in [1.29, 1.82) is 0 Å². The zero-order valence-corrected chi connectivity index (χ0v) is 15.8. The molecule has 0 radical (unpaired) electrons. The van der Waals surface area contributed by atoms with Crippen LogP contribution < -0.4 is 10.2 Å². The predicted molar refractivity (Wildman–Crippen MR) is 102 cm³/mol. The van der Waals surface area contributed by atoms with Gasteiger partial charge in [0.05, 0.1) is 17.8 Å². The van der Waals surface area contributed by atoms with E-state index in [0.29, 0.717) is 25.7 Å². The third-order valence-corrected chi connectivity index (χ3v) is 5.50. The molecule has 1 aliphatic carbocycles. The van der Waals surface area contributed by atoms with Crippen molar-refractivity contribution in [3.05, 3.63) is 36.4 Å². The Hall–Kier alpha value is -2.48. The predicted octanol–water partition coefficient (Wildman–Crippen LogP) is 1.22. The topological polar surface area (TPSA) is 79.2 Å². The molecule has 8 heteroatoms. The standard InChI is InChI=1S/C19H27N7O/c1-15(22-14-16-6-9-26(23-16)17-4-2-5-17)18(27)24-10-12-25(13-11-24)19-20-7-3-8-21-19/h3,6-9,15,17,22H,2,4-5,10-14H2,1H3. The fraction of sp³-hybridized carbons (Fsp3) is 0.579. The summed E-state index contributed by atoms with van der Waals surface area (Å²) in [5.41, 5.74) is 0.993. The maximum absolute atomic E-state index is 12.7. The summed E-state index contributed by atoms with van der Waals surface area (Å²) in [6.45, 7) is 5.45. The molecule has 144 valence electrons. The number of carbonyl (C=O) groups is 1. The number of nitrogens with one attached hydrogen (secondary N) is 1. The smallest absolute Gasteiger partial charge is 0.239 e. The molecule has 0 aromatic carbocycles. The minimum absolute atomic E-state index is 0.141. The molecule has 1 amide bonds. The fourth-order valence-corrected chi connectivity index (χ4v) is 3.53. The van der Waals surface area contributed by atoms with Crippen LogP contribution >= 0.6 is 0 Å². The van der Waals surface area contributed by atoms with Crippen molar-refractivity contribution in [2.45, 2.75) is 44.8 Å². The average Bonchev–Trinajstić information content (AvgIpc) is 3.13. The van der Waals surface area contributed by atoms with Crippen LogP contribution in [0.2, 0.25) is 0 Å².